The van der Waals surface area contributed by atoms with Gasteiger partial charge in [0.1, 0.15) is 6.10 Å². The zero-order valence-electron chi connectivity index (χ0n) is 13.1. The Labute approximate surface area is 135 Å². The lowest BCUT2D eigenvalue weighted by Gasteiger charge is -2.32. The standard InChI is InChI=1S/C16H25N3O2S/c1-11(19-6-4-15-12(10-19)5-7-22-15)9-18-16(20)14-3-2-13(8-17)21-14/h5,7,11,13-14H,2-4,6,8-10,17H2,1H3,(H,18,20)/t11?,13-,14+/m1/s1. The molecule has 2 aliphatic rings. The number of nitrogens with zero attached hydrogens (tertiary/aromatic N) is 1. The summed E-state index contributed by atoms with van der Waals surface area (Å²) in [6.45, 7) is 5.41. The van der Waals surface area contributed by atoms with Gasteiger partial charge in [-0.15, -0.1) is 11.3 Å². The number of thiophene rings is 1. The van der Waals surface area contributed by atoms with E-state index < -0.39 is 0 Å². The second-order valence-corrected chi connectivity index (χ2v) is 7.24. The van der Waals surface area contributed by atoms with E-state index in [1.807, 2.05) is 11.3 Å². The van der Waals surface area contributed by atoms with E-state index in [2.05, 4.69) is 28.6 Å². The number of nitrogens with one attached hydrogen (secondary N) is 1. The van der Waals surface area contributed by atoms with Crippen LogP contribution < -0.4 is 11.1 Å². The summed E-state index contributed by atoms with van der Waals surface area (Å²) in [6.07, 6.45) is 2.52. The minimum atomic E-state index is -0.314. The summed E-state index contributed by atoms with van der Waals surface area (Å²) in [5, 5.41) is 5.21. The minimum Gasteiger partial charge on any atom is -0.364 e. The number of carbonyl (C=O) groups excluding carboxylic acids is 1. The van der Waals surface area contributed by atoms with E-state index >= 15 is 0 Å². The van der Waals surface area contributed by atoms with Gasteiger partial charge in [-0.2, -0.15) is 0 Å². The Morgan fingerprint density at radius 2 is 2.45 bits per heavy atom. The molecule has 0 aliphatic carbocycles. The summed E-state index contributed by atoms with van der Waals surface area (Å²) in [5.41, 5.74) is 7.03. The average Bonchev–Trinajstić information content (AvgIpc) is 3.19. The molecule has 2 aliphatic heterocycles. The predicted molar refractivity (Wildman–Crippen MR) is 87.9 cm³/mol. The predicted octanol–water partition coefficient (Wildman–Crippen LogP) is 1.12. The average molecular weight is 323 g/mol. The largest absolute Gasteiger partial charge is 0.364 e. The Hall–Kier alpha value is -0.950. The van der Waals surface area contributed by atoms with E-state index in [0.29, 0.717) is 19.1 Å². The highest BCUT2D eigenvalue weighted by molar-refractivity contribution is 7.10. The molecule has 0 spiro atoms. The number of hydrogen-bond acceptors (Lipinski definition) is 5. The molecule has 0 aromatic carbocycles. The molecule has 3 heterocycles. The van der Waals surface area contributed by atoms with Crippen molar-refractivity contribution in [3.63, 3.8) is 0 Å². The van der Waals surface area contributed by atoms with E-state index in [0.717, 1.165) is 32.4 Å². The van der Waals surface area contributed by atoms with E-state index in [-0.39, 0.29) is 18.1 Å². The maximum atomic E-state index is 12.2. The molecule has 6 heteroatoms. The van der Waals surface area contributed by atoms with Crippen LogP contribution in [-0.2, 0) is 22.5 Å². The highest BCUT2D eigenvalue weighted by Gasteiger charge is 2.30. The smallest absolute Gasteiger partial charge is 0.249 e. The molecule has 22 heavy (non-hydrogen) atoms. The van der Waals surface area contributed by atoms with Crippen LogP contribution in [-0.4, -0.2) is 48.7 Å². The lowest BCUT2D eigenvalue weighted by molar-refractivity contribution is -0.132. The molecule has 1 saturated heterocycles. The van der Waals surface area contributed by atoms with Crippen LogP contribution in [0.3, 0.4) is 0 Å². The van der Waals surface area contributed by atoms with Gasteiger partial charge in [-0.3, -0.25) is 9.69 Å². The lowest BCUT2D eigenvalue weighted by atomic mass is 10.1. The molecular weight excluding hydrogens is 298 g/mol. The van der Waals surface area contributed by atoms with Crippen molar-refractivity contribution in [2.24, 2.45) is 5.73 Å². The first kappa shape index (κ1) is 15.9. The maximum absolute atomic E-state index is 12.2. The fourth-order valence-corrected chi connectivity index (χ4v) is 4.10. The summed E-state index contributed by atoms with van der Waals surface area (Å²) in [4.78, 5) is 16.1. The van der Waals surface area contributed by atoms with Crippen LogP contribution in [0.2, 0.25) is 0 Å². The summed E-state index contributed by atoms with van der Waals surface area (Å²) < 4.78 is 5.64. The number of fused-ring (bicyclic) bond motifs is 1. The Kier molecular flexibility index (Phi) is 5.13. The van der Waals surface area contributed by atoms with Crippen LogP contribution >= 0.6 is 11.3 Å². The van der Waals surface area contributed by atoms with Crippen molar-refractivity contribution in [1.82, 2.24) is 10.2 Å². The molecule has 0 radical (unpaired) electrons. The molecule has 1 fully saturated rings. The molecule has 1 amide bonds. The highest BCUT2D eigenvalue weighted by atomic mass is 32.1. The number of ether oxygens (including phenoxy) is 1. The fraction of sp³-hybridized carbons (Fsp3) is 0.688. The molecule has 0 bridgehead atoms. The van der Waals surface area contributed by atoms with E-state index in [1.54, 1.807) is 0 Å². The molecule has 3 atom stereocenters. The lowest BCUT2D eigenvalue weighted by Crippen LogP contribution is -2.46. The quantitative estimate of drug-likeness (QED) is 0.852. The third kappa shape index (κ3) is 3.51. The van der Waals surface area contributed by atoms with Gasteiger partial charge in [-0.25, -0.2) is 0 Å². The SMILES string of the molecule is CC(CNC(=O)[C@@H]1CC[C@H](CN)O1)N1CCc2sccc2C1. The molecule has 1 aromatic heterocycles. The van der Waals surface area contributed by atoms with E-state index in [1.165, 1.54) is 10.4 Å². The molecule has 1 aromatic rings. The topological polar surface area (TPSA) is 67.6 Å². The zero-order valence-corrected chi connectivity index (χ0v) is 13.9. The van der Waals surface area contributed by atoms with Gasteiger partial charge in [-0.05, 0) is 43.2 Å². The Morgan fingerprint density at radius 3 is 3.23 bits per heavy atom. The number of hydrogen-bond donors (Lipinski definition) is 2. The van der Waals surface area contributed by atoms with E-state index in [9.17, 15) is 4.79 Å². The molecule has 122 valence electrons. The van der Waals surface area contributed by atoms with Crippen molar-refractivity contribution in [2.75, 3.05) is 19.6 Å². The number of carbonyl (C=O) groups is 1. The van der Waals surface area contributed by atoms with Crippen molar-refractivity contribution >= 4 is 17.2 Å². The molecule has 3 N–H and O–H groups in total. The summed E-state index contributed by atoms with van der Waals surface area (Å²) >= 11 is 1.85. The zero-order chi connectivity index (χ0) is 15.5. The van der Waals surface area contributed by atoms with Gasteiger partial charge in [0.15, 0.2) is 0 Å². The summed E-state index contributed by atoms with van der Waals surface area (Å²) in [7, 11) is 0. The number of amides is 1. The molecule has 5 nitrogen and oxygen atoms in total. The van der Waals surface area contributed by atoms with Crippen LogP contribution in [0, 0.1) is 0 Å². The minimum absolute atomic E-state index is 0.0102. The van der Waals surface area contributed by atoms with Crippen LogP contribution in [0.15, 0.2) is 11.4 Å². The highest BCUT2D eigenvalue weighted by Crippen LogP contribution is 2.25. The van der Waals surface area contributed by atoms with Crippen LogP contribution in [0.1, 0.15) is 30.2 Å². The van der Waals surface area contributed by atoms with Crippen LogP contribution in [0.25, 0.3) is 0 Å². The maximum Gasteiger partial charge on any atom is 0.249 e. The second kappa shape index (κ2) is 7.08. The normalized spacial score (nSPS) is 26.6. The Balaban J connectivity index is 1.45. The summed E-state index contributed by atoms with van der Waals surface area (Å²) in [6, 6.07) is 2.56. The molecule has 3 rings (SSSR count). The van der Waals surface area contributed by atoms with Crippen LogP contribution in [0.5, 0.6) is 0 Å². The molecular formula is C16H25N3O2S. The van der Waals surface area contributed by atoms with Crippen molar-refractivity contribution in [3.05, 3.63) is 21.9 Å². The van der Waals surface area contributed by atoms with Gasteiger partial charge in [0.2, 0.25) is 5.91 Å². The number of nitrogens with two attached hydrogens (primary N) is 1. The van der Waals surface area contributed by atoms with E-state index in [4.69, 9.17) is 10.5 Å². The van der Waals surface area contributed by atoms with Gasteiger partial charge < -0.3 is 15.8 Å². The van der Waals surface area contributed by atoms with Crippen molar-refractivity contribution in [3.8, 4) is 0 Å². The first-order chi connectivity index (χ1) is 10.7. The fourth-order valence-electron chi connectivity index (χ4n) is 3.21. The van der Waals surface area contributed by atoms with Gasteiger partial charge in [0, 0.05) is 37.1 Å². The Bertz CT molecular complexity index is 519. The first-order valence-corrected chi connectivity index (χ1v) is 8.98. The van der Waals surface area contributed by atoms with Gasteiger partial charge in [0.25, 0.3) is 0 Å². The first-order valence-electron chi connectivity index (χ1n) is 8.10. The Morgan fingerprint density at radius 1 is 1.59 bits per heavy atom. The van der Waals surface area contributed by atoms with Crippen molar-refractivity contribution < 1.29 is 9.53 Å². The third-order valence-electron chi connectivity index (χ3n) is 4.70. The second-order valence-electron chi connectivity index (χ2n) is 6.24. The van der Waals surface area contributed by atoms with Gasteiger partial charge in [-0.1, -0.05) is 0 Å². The number of rotatable bonds is 5. The van der Waals surface area contributed by atoms with Crippen molar-refractivity contribution in [1.29, 1.82) is 0 Å². The van der Waals surface area contributed by atoms with Crippen molar-refractivity contribution in [2.45, 2.75) is 51.0 Å². The van der Waals surface area contributed by atoms with Crippen LogP contribution in [0.4, 0.5) is 0 Å². The molecule has 0 saturated carbocycles. The van der Waals surface area contributed by atoms with Gasteiger partial charge in [0.05, 0.1) is 6.10 Å². The molecule has 1 unspecified atom stereocenters. The monoisotopic (exact) mass is 323 g/mol. The summed E-state index contributed by atoms with van der Waals surface area (Å²) in [5.74, 6) is 0.0102. The van der Waals surface area contributed by atoms with Gasteiger partial charge >= 0.3 is 0 Å². The third-order valence-corrected chi connectivity index (χ3v) is 5.72.